The molecule has 2 rings (SSSR count). The van der Waals surface area contributed by atoms with E-state index in [0.29, 0.717) is 23.2 Å². The van der Waals surface area contributed by atoms with Gasteiger partial charge in [0.2, 0.25) is 0 Å². The molecule has 104 valence electrons. The minimum absolute atomic E-state index is 0.0522. The average Bonchev–Trinajstić information content (AvgIpc) is 2.83. The van der Waals surface area contributed by atoms with Crippen molar-refractivity contribution in [2.24, 2.45) is 5.92 Å². The van der Waals surface area contributed by atoms with E-state index in [1.165, 1.54) is 12.1 Å². The highest BCUT2D eigenvalue weighted by atomic mass is 35.5. The molecule has 1 aliphatic rings. The second-order valence-corrected chi connectivity index (χ2v) is 5.10. The lowest BCUT2D eigenvalue weighted by Crippen LogP contribution is -2.23. The van der Waals surface area contributed by atoms with Crippen LogP contribution in [0.25, 0.3) is 0 Å². The fourth-order valence-electron chi connectivity index (χ4n) is 2.43. The third kappa shape index (κ3) is 3.36. The first-order chi connectivity index (χ1) is 9.11. The lowest BCUT2D eigenvalue weighted by Gasteiger charge is -2.18. The number of nitro groups is 1. The van der Waals surface area contributed by atoms with Crippen LogP contribution in [0.15, 0.2) is 18.2 Å². The van der Waals surface area contributed by atoms with E-state index in [2.05, 4.69) is 12.2 Å². The highest BCUT2D eigenvalue weighted by Gasteiger charge is 2.27. The third-order valence-electron chi connectivity index (χ3n) is 3.46. The second-order valence-electron chi connectivity index (χ2n) is 4.67. The summed E-state index contributed by atoms with van der Waals surface area (Å²) < 4.78 is 5.60. The molecule has 1 aromatic rings. The van der Waals surface area contributed by atoms with Gasteiger partial charge in [-0.2, -0.15) is 0 Å². The van der Waals surface area contributed by atoms with Crippen LogP contribution in [0.4, 0.5) is 11.4 Å². The molecule has 1 saturated heterocycles. The zero-order valence-electron chi connectivity index (χ0n) is 10.8. The second kappa shape index (κ2) is 6.21. The topological polar surface area (TPSA) is 64.4 Å². The normalized spacial score (nSPS) is 22.4. The van der Waals surface area contributed by atoms with Gasteiger partial charge in [0.15, 0.2) is 0 Å². The molecular formula is C13H17ClN2O3. The number of ether oxygens (including phenoxy) is 1. The van der Waals surface area contributed by atoms with E-state index in [9.17, 15) is 10.1 Å². The van der Waals surface area contributed by atoms with Crippen LogP contribution in [0.3, 0.4) is 0 Å². The molecule has 2 atom stereocenters. The maximum atomic E-state index is 10.9. The SMILES string of the molecule is CCC1OCCC1CNc1cc(Cl)ccc1[N+](=O)[O-]. The number of hydrogen-bond acceptors (Lipinski definition) is 4. The number of hydrogen-bond donors (Lipinski definition) is 1. The Morgan fingerprint density at radius 2 is 2.37 bits per heavy atom. The summed E-state index contributed by atoms with van der Waals surface area (Å²) in [6.45, 7) is 3.52. The number of benzene rings is 1. The van der Waals surface area contributed by atoms with E-state index in [1.807, 2.05) is 0 Å². The minimum Gasteiger partial charge on any atom is -0.379 e. The first-order valence-corrected chi connectivity index (χ1v) is 6.79. The molecule has 0 saturated carbocycles. The molecule has 1 heterocycles. The van der Waals surface area contributed by atoms with E-state index in [1.54, 1.807) is 6.07 Å². The van der Waals surface area contributed by atoms with Crippen LogP contribution in [0.5, 0.6) is 0 Å². The standard InChI is InChI=1S/C13H17ClN2O3/c1-2-13-9(5-6-19-13)8-15-11-7-10(14)3-4-12(11)16(17)18/h3-4,7,9,13,15H,2,5-6,8H2,1H3. The van der Waals surface area contributed by atoms with E-state index in [0.717, 1.165) is 19.4 Å². The Bertz CT molecular complexity index is 467. The van der Waals surface area contributed by atoms with Crippen molar-refractivity contribution in [3.8, 4) is 0 Å². The van der Waals surface area contributed by atoms with Crippen molar-refractivity contribution in [1.29, 1.82) is 0 Å². The Morgan fingerprint density at radius 1 is 1.58 bits per heavy atom. The lowest BCUT2D eigenvalue weighted by atomic mass is 9.99. The van der Waals surface area contributed by atoms with Gasteiger partial charge in [-0.25, -0.2) is 0 Å². The van der Waals surface area contributed by atoms with Crippen LogP contribution in [0, 0.1) is 16.0 Å². The molecule has 0 amide bonds. The monoisotopic (exact) mass is 284 g/mol. The van der Waals surface area contributed by atoms with E-state index in [-0.39, 0.29) is 11.8 Å². The smallest absolute Gasteiger partial charge is 0.292 e. The summed E-state index contributed by atoms with van der Waals surface area (Å²) in [7, 11) is 0. The first-order valence-electron chi connectivity index (χ1n) is 6.41. The molecule has 5 nitrogen and oxygen atoms in total. The van der Waals surface area contributed by atoms with Gasteiger partial charge in [0.25, 0.3) is 5.69 Å². The molecule has 1 aliphatic heterocycles. The summed E-state index contributed by atoms with van der Waals surface area (Å²) in [5.41, 5.74) is 0.524. The number of anilines is 1. The van der Waals surface area contributed by atoms with Gasteiger partial charge < -0.3 is 10.1 Å². The highest BCUT2D eigenvalue weighted by Crippen LogP contribution is 2.29. The van der Waals surface area contributed by atoms with Gasteiger partial charge >= 0.3 is 0 Å². The van der Waals surface area contributed by atoms with E-state index >= 15 is 0 Å². The molecule has 19 heavy (non-hydrogen) atoms. The summed E-state index contributed by atoms with van der Waals surface area (Å²) in [6, 6.07) is 4.54. The lowest BCUT2D eigenvalue weighted by molar-refractivity contribution is -0.384. The van der Waals surface area contributed by atoms with Gasteiger partial charge in [0.05, 0.1) is 11.0 Å². The molecule has 0 aliphatic carbocycles. The fourth-order valence-corrected chi connectivity index (χ4v) is 2.60. The van der Waals surface area contributed by atoms with E-state index < -0.39 is 4.92 Å². The molecule has 1 fully saturated rings. The third-order valence-corrected chi connectivity index (χ3v) is 3.69. The molecule has 2 unspecified atom stereocenters. The van der Waals surface area contributed by atoms with Crippen molar-refractivity contribution in [3.63, 3.8) is 0 Å². The molecule has 0 spiro atoms. The Balaban J connectivity index is 2.06. The maximum Gasteiger partial charge on any atom is 0.292 e. The van der Waals surface area contributed by atoms with Crippen molar-refractivity contribution < 1.29 is 9.66 Å². The zero-order valence-corrected chi connectivity index (χ0v) is 11.5. The molecule has 0 radical (unpaired) electrons. The van der Waals surface area contributed by atoms with Gasteiger partial charge in [0.1, 0.15) is 5.69 Å². The Labute approximate surface area is 117 Å². The van der Waals surface area contributed by atoms with Gasteiger partial charge in [-0.05, 0) is 25.0 Å². The van der Waals surface area contributed by atoms with Crippen LogP contribution in [0.2, 0.25) is 5.02 Å². The predicted octanol–water partition coefficient (Wildman–Crippen LogP) is 3.48. The van der Waals surface area contributed by atoms with Gasteiger partial charge in [-0.15, -0.1) is 0 Å². The van der Waals surface area contributed by atoms with Gasteiger partial charge in [-0.1, -0.05) is 18.5 Å². The number of nitrogens with zero attached hydrogens (tertiary/aromatic N) is 1. The van der Waals surface area contributed by atoms with Crippen molar-refractivity contribution >= 4 is 23.0 Å². The molecular weight excluding hydrogens is 268 g/mol. The van der Waals surface area contributed by atoms with Crippen molar-refractivity contribution in [2.45, 2.75) is 25.9 Å². The van der Waals surface area contributed by atoms with Crippen molar-refractivity contribution in [3.05, 3.63) is 33.3 Å². The zero-order chi connectivity index (χ0) is 13.8. The Kier molecular flexibility index (Phi) is 4.61. The summed E-state index contributed by atoms with van der Waals surface area (Å²) in [4.78, 5) is 10.5. The Hall–Kier alpha value is -1.33. The molecule has 0 aromatic heterocycles. The summed E-state index contributed by atoms with van der Waals surface area (Å²) in [5, 5.41) is 14.6. The van der Waals surface area contributed by atoms with Crippen LogP contribution < -0.4 is 5.32 Å². The summed E-state index contributed by atoms with van der Waals surface area (Å²) in [6.07, 6.45) is 2.19. The summed E-state index contributed by atoms with van der Waals surface area (Å²) >= 11 is 5.89. The van der Waals surface area contributed by atoms with Gasteiger partial charge in [0, 0.05) is 30.2 Å². The van der Waals surface area contributed by atoms with E-state index in [4.69, 9.17) is 16.3 Å². The number of nitrogens with one attached hydrogen (secondary N) is 1. The van der Waals surface area contributed by atoms with Crippen LogP contribution in [0.1, 0.15) is 19.8 Å². The molecule has 1 N–H and O–H groups in total. The van der Waals surface area contributed by atoms with Crippen LogP contribution >= 0.6 is 11.6 Å². The predicted molar refractivity (Wildman–Crippen MR) is 74.7 cm³/mol. The minimum atomic E-state index is -0.402. The maximum absolute atomic E-state index is 10.9. The van der Waals surface area contributed by atoms with Crippen molar-refractivity contribution in [1.82, 2.24) is 0 Å². The number of nitro benzene ring substituents is 1. The largest absolute Gasteiger partial charge is 0.379 e. The molecule has 0 bridgehead atoms. The fraction of sp³-hybridized carbons (Fsp3) is 0.538. The highest BCUT2D eigenvalue weighted by molar-refractivity contribution is 6.31. The number of halogens is 1. The number of rotatable bonds is 5. The molecule has 1 aromatic carbocycles. The summed E-state index contributed by atoms with van der Waals surface area (Å²) in [5.74, 6) is 0.392. The first kappa shape index (κ1) is 14.1. The average molecular weight is 285 g/mol. The van der Waals surface area contributed by atoms with Crippen molar-refractivity contribution in [2.75, 3.05) is 18.5 Å². The van der Waals surface area contributed by atoms with Crippen LogP contribution in [-0.2, 0) is 4.74 Å². The Morgan fingerprint density at radius 3 is 3.05 bits per heavy atom. The molecule has 6 heteroatoms. The van der Waals surface area contributed by atoms with Crippen LogP contribution in [-0.4, -0.2) is 24.2 Å². The van der Waals surface area contributed by atoms with Gasteiger partial charge in [-0.3, -0.25) is 10.1 Å². The quantitative estimate of drug-likeness (QED) is 0.664.